The van der Waals surface area contributed by atoms with Crippen LogP contribution in [0.15, 0.2) is 17.2 Å². The van der Waals surface area contributed by atoms with Crippen molar-refractivity contribution in [2.45, 2.75) is 58.2 Å². The Kier molecular flexibility index (Phi) is 6.95. The van der Waals surface area contributed by atoms with Crippen LogP contribution in [0.1, 0.15) is 40.0 Å². The van der Waals surface area contributed by atoms with Gasteiger partial charge in [0.2, 0.25) is 0 Å². The second-order valence-corrected chi connectivity index (χ2v) is 7.69. The summed E-state index contributed by atoms with van der Waals surface area (Å²) in [5.41, 5.74) is -0.986. The number of nitrogens with zero attached hydrogens (tertiary/aromatic N) is 2. The normalized spacial score (nSPS) is 15.2. The van der Waals surface area contributed by atoms with Crippen LogP contribution in [-0.2, 0) is 20.9 Å². The van der Waals surface area contributed by atoms with Crippen LogP contribution in [0.5, 0.6) is 0 Å². The molecule has 0 spiro atoms. The summed E-state index contributed by atoms with van der Waals surface area (Å²) in [4.78, 5) is 39.1. The standard InChI is InChI=1S/C18H28N4O5/c1-18(2,3)27-17(26)14(12-5-6-12)19-7-4-8-20-15-16(25)22(10-9-21-15)11-13(23)24/h9-10,12,14,19H,4-8,11H2,1-3H3,(H,20,21)(H,23,24). The van der Waals surface area contributed by atoms with Crippen LogP contribution in [0, 0.1) is 5.92 Å². The molecule has 1 heterocycles. The number of carbonyl (C=O) groups excluding carboxylic acids is 1. The molecule has 0 saturated heterocycles. The predicted molar refractivity (Wildman–Crippen MR) is 99.6 cm³/mol. The number of carboxylic acids is 1. The van der Waals surface area contributed by atoms with Crippen molar-refractivity contribution >= 4 is 17.8 Å². The largest absolute Gasteiger partial charge is 0.480 e. The van der Waals surface area contributed by atoms with Gasteiger partial charge in [-0.25, -0.2) is 4.98 Å². The lowest BCUT2D eigenvalue weighted by atomic mass is 10.1. The first-order valence-electron chi connectivity index (χ1n) is 9.15. The predicted octanol–water partition coefficient (Wildman–Crippen LogP) is 0.840. The summed E-state index contributed by atoms with van der Waals surface area (Å²) < 4.78 is 6.55. The van der Waals surface area contributed by atoms with Gasteiger partial charge in [-0.15, -0.1) is 0 Å². The van der Waals surface area contributed by atoms with Gasteiger partial charge in [-0.3, -0.25) is 19.0 Å². The number of aliphatic carboxylic acids is 1. The van der Waals surface area contributed by atoms with Crippen molar-refractivity contribution in [1.82, 2.24) is 14.9 Å². The molecule has 1 unspecified atom stereocenters. The lowest BCUT2D eigenvalue weighted by Crippen LogP contribution is -2.43. The topological polar surface area (TPSA) is 123 Å². The van der Waals surface area contributed by atoms with Gasteiger partial charge in [0.25, 0.3) is 5.56 Å². The lowest BCUT2D eigenvalue weighted by Gasteiger charge is -2.24. The highest BCUT2D eigenvalue weighted by Gasteiger charge is 2.38. The van der Waals surface area contributed by atoms with Gasteiger partial charge in [0.15, 0.2) is 5.82 Å². The molecule has 0 aromatic carbocycles. The van der Waals surface area contributed by atoms with E-state index in [0.717, 1.165) is 17.4 Å². The van der Waals surface area contributed by atoms with E-state index in [2.05, 4.69) is 15.6 Å². The summed E-state index contributed by atoms with van der Waals surface area (Å²) in [6.45, 7) is 6.20. The van der Waals surface area contributed by atoms with Crippen LogP contribution in [0.2, 0.25) is 0 Å². The lowest BCUT2D eigenvalue weighted by molar-refractivity contribution is -0.158. The first-order chi connectivity index (χ1) is 12.7. The fourth-order valence-electron chi connectivity index (χ4n) is 2.63. The average molecular weight is 380 g/mol. The fraction of sp³-hybridized carbons (Fsp3) is 0.667. The molecule has 9 nitrogen and oxygen atoms in total. The van der Waals surface area contributed by atoms with Crippen molar-refractivity contribution in [3.8, 4) is 0 Å². The van der Waals surface area contributed by atoms with Crippen molar-refractivity contribution in [1.29, 1.82) is 0 Å². The number of rotatable bonds is 10. The maximum Gasteiger partial charge on any atom is 0.323 e. The average Bonchev–Trinajstić information content (AvgIpc) is 3.36. The molecule has 0 radical (unpaired) electrons. The highest BCUT2D eigenvalue weighted by atomic mass is 16.6. The SMILES string of the molecule is CC(C)(C)OC(=O)C(NCCCNc1nccn(CC(=O)O)c1=O)C1CC1. The zero-order chi connectivity index (χ0) is 20.0. The first-order valence-corrected chi connectivity index (χ1v) is 9.15. The molecular weight excluding hydrogens is 352 g/mol. The molecule has 0 aliphatic heterocycles. The third-order valence-electron chi connectivity index (χ3n) is 3.98. The molecule has 0 bridgehead atoms. The number of esters is 1. The number of carboxylic acid groups (broad SMARTS) is 1. The van der Waals surface area contributed by atoms with E-state index >= 15 is 0 Å². The number of hydrogen-bond acceptors (Lipinski definition) is 7. The minimum absolute atomic E-state index is 0.115. The Morgan fingerprint density at radius 1 is 1.37 bits per heavy atom. The van der Waals surface area contributed by atoms with Crippen LogP contribution < -0.4 is 16.2 Å². The van der Waals surface area contributed by atoms with Gasteiger partial charge >= 0.3 is 11.9 Å². The fourth-order valence-corrected chi connectivity index (χ4v) is 2.63. The van der Waals surface area contributed by atoms with Crippen molar-refractivity contribution in [2.24, 2.45) is 5.92 Å². The molecule has 9 heteroatoms. The Balaban J connectivity index is 1.78. The molecule has 150 valence electrons. The van der Waals surface area contributed by atoms with E-state index in [1.165, 1.54) is 12.4 Å². The Bertz CT molecular complexity index is 721. The van der Waals surface area contributed by atoms with Gasteiger partial charge in [-0.2, -0.15) is 0 Å². The van der Waals surface area contributed by atoms with Crippen molar-refractivity contribution in [3.05, 3.63) is 22.7 Å². The van der Waals surface area contributed by atoms with Gasteiger partial charge in [-0.05, 0) is 52.5 Å². The van der Waals surface area contributed by atoms with Crippen LogP contribution in [0.4, 0.5) is 5.82 Å². The summed E-state index contributed by atoms with van der Waals surface area (Å²) >= 11 is 0. The number of carbonyl (C=O) groups is 2. The van der Waals surface area contributed by atoms with Gasteiger partial charge in [0.1, 0.15) is 18.2 Å². The third-order valence-corrected chi connectivity index (χ3v) is 3.98. The Morgan fingerprint density at radius 3 is 2.67 bits per heavy atom. The molecule has 0 amide bonds. The smallest absolute Gasteiger partial charge is 0.323 e. The summed E-state index contributed by atoms with van der Waals surface area (Å²) in [5.74, 6) is -0.873. The van der Waals surface area contributed by atoms with E-state index in [9.17, 15) is 14.4 Å². The van der Waals surface area contributed by atoms with Gasteiger partial charge in [0, 0.05) is 18.9 Å². The van der Waals surface area contributed by atoms with Gasteiger partial charge < -0.3 is 20.5 Å². The van der Waals surface area contributed by atoms with E-state index in [-0.39, 0.29) is 17.8 Å². The molecule has 1 aliphatic carbocycles. The van der Waals surface area contributed by atoms with Gasteiger partial charge in [0.05, 0.1) is 0 Å². The number of nitrogens with one attached hydrogen (secondary N) is 2. The van der Waals surface area contributed by atoms with E-state index in [4.69, 9.17) is 9.84 Å². The molecule has 1 atom stereocenters. The summed E-state index contributed by atoms with van der Waals surface area (Å²) in [5, 5.41) is 15.0. The van der Waals surface area contributed by atoms with Crippen molar-refractivity contribution in [3.63, 3.8) is 0 Å². The third kappa shape index (κ3) is 7.01. The maximum absolute atomic E-state index is 12.3. The maximum atomic E-state index is 12.3. The molecule has 1 saturated carbocycles. The van der Waals surface area contributed by atoms with Crippen LogP contribution >= 0.6 is 0 Å². The highest BCUT2D eigenvalue weighted by molar-refractivity contribution is 5.77. The number of aromatic nitrogens is 2. The zero-order valence-electron chi connectivity index (χ0n) is 16.0. The van der Waals surface area contributed by atoms with Crippen molar-refractivity contribution in [2.75, 3.05) is 18.4 Å². The van der Waals surface area contributed by atoms with Gasteiger partial charge in [-0.1, -0.05) is 0 Å². The van der Waals surface area contributed by atoms with Crippen LogP contribution in [0.25, 0.3) is 0 Å². The summed E-state index contributed by atoms with van der Waals surface area (Å²) in [7, 11) is 0. The molecule has 1 aromatic heterocycles. The Labute approximate surface area is 158 Å². The number of anilines is 1. The van der Waals surface area contributed by atoms with E-state index in [1.807, 2.05) is 20.8 Å². The highest BCUT2D eigenvalue weighted by Crippen LogP contribution is 2.33. The Hall–Kier alpha value is -2.42. The van der Waals surface area contributed by atoms with E-state index < -0.39 is 23.7 Å². The van der Waals surface area contributed by atoms with E-state index in [0.29, 0.717) is 25.4 Å². The minimum atomic E-state index is -1.09. The number of hydrogen-bond donors (Lipinski definition) is 3. The molecule has 3 N–H and O–H groups in total. The second-order valence-electron chi connectivity index (χ2n) is 7.69. The zero-order valence-corrected chi connectivity index (χ0v) is 16.0. The first kappa shape index (κ1) is 20.9. The Morgan fingerprint density at radius 2 is 2.07 bits per heavy atom. The van der Waals surface area contributed by atoms with Crippen molar-refractivity contribution < 1.29 is 19.4 Å². The molecule has 1 aromatic rings. The molecule has 1 aliphatic rings. The molecular formula is C18H28N4O5. The quantitative estimate of drug-likeness (QED) is 0.403. The second kappa shape index (κ2) is 8.98. The van der Waals surface area contributed by atoms with Crippen LogP contribution in [0.3, 0.4) is 0 Å². The minimum Gasteiger partial charge on any atom is -0.480 e. The van der Waals surface area contributed by atoms with Crippen LogP contribution in [-0.4, -0.2) is 51.3 Å². The summed E-state index contributed by atoms with van der Waals surface area (Å²) in [6.07, 6.45) is 5.43. The molecule has 27 heavy (non-hydrogen) atoms. The number of ether oxygens (including phenoxy) is 1. The molecule has 2 rings (SSSR count). The van der Waals surface area contributed by atoms with E-state index in [1.54, 1.807) is 0 Å². The monoisotopic (exact) mass is 380 g/mol. The molecule has 1 fully saturated rings. The summed E-state index contributed by atoms with van der Waals surface area (Å²) in [6, 6.07) is -0.299.